The highest BCUT2D eigenvalue weighted by molar-refractivity contribution is 5.89. The van der Waals surface area contributed by atoms with E-state index in [1.165, 1.54) is 93.6 Å². The number of fused-ring (bicyclic) bond motifs is 6. The number of aryl methyl sites for hydroxylation is 1. The lowest BCUT2D eigenvalue weighted by molar-refractivity contribution is 0.434. The first kappa shape index (κ1) is 19.4. The van der Waals surface area contributed by atoms with Gasteiger partial charge in [0.05, 0.1) is 6.04 Å². The van der Waals surface area contributed by atoms with Crippen LogP contribution in [0.25, 0.3) is 10.8 Å². The van der Waals surface area contributed by atoms with E-state index in [1.54, 1.807) is 22.3 Å². The maximum Gasteiger partial charge on any atom is 0.0554 e. The van der Waals surface area contributed by atoms with Gasteiger partial charge in [-0.3, -0.25) is 0 Å². The summed E-state index contributed by atoms with van der Waals surface area (Å²) < 4.78 is 0. The van der Waals surface area contributed by atoms with Gasteiger partial charge in [-0.2, -0.15) is 0 Å². The molecule has 0 N–H and O–H groups in total. The van der Waals surface area contributed by atoms with Crippen LogP contribution in [0.5, 0.6) is 0 Å². The predicted octanol–water partition coefficient (Wildman–Crippen LogP) is 8.11. The van der Waals surface area contributed by atoms with Crippen LogP contribution in [0.1, 0.15) is 92.0 Å². The first-order chi connectivity index (χ1) is 15.4. The van der Waals surface area contributed by atoms with Gasteiger partial charge in [-0.15, -0.1) is 0 Å². The molecule has 2 unspecified atom stereocenters. The average molecular weight is 410 g/mol. The molecule has 1 aliphatic carbocycles. The molecule has 0 radical (unpaired) electrons. The Bertz CT molecular complexity index is 1080. The molecule has 1 nitrogen and oxygen atoms in total. The van der Waals surface area contributed by atoms with Gasteiger partial charge in [-0.05, 0) is 77.1 Å². The maximum atomic E-state index is 2.81. The van der Waals surface area contributed by atoms with E-state index in [-0.39, 0.29) is 0 Å². The summed E-state index contributed by atoms with van der Waals surface area (Å²) in [5, 5.41) is 2.97. The van der Waals surface area contributed by atoms with Crippen LogP contribution in [0.15, 0.2) is 54.6 Å². The lowest BCUT2D eigenvalue weighted by Gasteiger charge is -2.47. The Morgan fingerprint density at radius 1 is 0.742 bits per heavy atom. The molecule has 2 bridgehead atoms. The first-order valence-corrected chi connectivity index (χ1v) is 12.8. The van der Waals surface area contributed by atoms with Crippen molar-refractivity contribution >= 4 is 16.5 Å². The van der Waals surface area contributed by atoms with Gasteiger partial charge < -0.3 is 4.90 Å². The fourth-order valence-electron chi connectivity index (χ4n) is 6.78. The molecule has 3 aromatic rings. The Morgan fingerprint density at radius 3 is 2.39 bits per heavy atom. The largest absolute Gasteiger partial charge is 0.364 e. The van der Waals surface area contributed by atoms with Crippen LogP contribution in [-0.2, 0) is 12.8 Å². The Balaban J connectivity index is 1.52. The van der Waals surface area contributed by atoms with Gasteiger partial charge in [0, 0.05) is 12.2 Å². The van der Waals surface area contributed by atoms with Gasteiger partial charge in [0.15, 0.2) is 0 Å². The molecule has 0 saturated carbocycles. The number of anilines is 1. The molecule has 6 rings (SSSR count). The third kappa shape index (κ3) is 3.47. The third-order valence-electron chi connectivity index (χ3n) is 8.24. The SMILES string of the molecule is c1ccc2c(c1)C1Cc3c4c(cc5ccccc35)CCCCCCCCCCN2C4C1. The van der Waals surface area contributed by atoms with Crippen molar-refractivity contribution in [2.75, 3.05) is 11.4 Å². The zero-order valence-corrected chi connectivity index (χ0v) is 18.8. The Kier molecular flexibility index (Phi) is 5.22. The quantitative estimate of drug-likeness (QED) is 0.362. The van der Waals surface area contributed by atoms with Crippen LogP contribution in [0.3, 0.4) is 0 Å². The summed E-state index contributed by atoms with van der Waals surface area (Å²) in [7, 11) is 0. The van der Waals surface area contributed by atoms with Gasteiger partial charge in [0.25, 0.3) is 0 Å². The molecule has 0 aromatic heterocycles. The minimum Gasteiger partial charge on any atom is -0.364 e. The monoisotopic (exact) mass is 409 g/mol. The molecular weight excluding hydrogens is 374 g/mol. The summed E-state index contributed by atoms with van der Waals surface area (Å²) in [6, 6.07) is 21.6. The molecule has 2 heterocycles. The lowest BCUT2D eigenvalue weighted by atomic mass is 9.70. The molecule has 0 spiro atoms. The second-order valence-electron chi connectivity index (χ2n) is 10.1. The molecule has 3 aliphatic rings. The van der Waals surface area contributed by atoms with Crippen LogP contribution < -0.4 is 4.90 Å². The van der Waals surface area contributed by atoms with Crippen LogP contribution >= 0.6 is 0 Å². The van der Waals surface area contributed by atoms with Crippen molar-refractivity contribution in [2.24, 2.45) is 0 Å². The topological polar surface area (TPSA) is 3.24 Å². The van der Waals surface area contributed by atoms with Gasteiger partial charge in [0.1, 0.15) is 0 Å². The summed E-state index contributed by atoms with van der Waals surface area (Å²) in [4.78, 5) is 2.81. The first-order valence-electron chi connectivity index (χ1n) is 12.8. The highest BCUT2D eigenvalue weighted by Crippen LogP contribution is 2.52. The lowest BCUT2D eigenvalue weighted by Crippen LogP contribution is -2.39. The number of para-hydroxylation sites is 1. The van der Waals surface area contributed by atoms with E-state index < -0.39 is 0 Å². The van der Waals surface area contributed by atoms with Crippen LogP contribution in [0.4, 0.5) is 5.69 Å². The second-order valence-corrected chi connectivity index (χ2v) is 10.1. The number of hydrogen-bond donors (Lipinski definition) is 0. The highest BCUT2D eigenvalue weighted by Gasteiger charge is 2.39. The van der Waals surface area contributed by atoms with E-state index in [4.69, 9.17) is 0 Å². The summed E-state index contributed by atoms with van der Waals surface area (Å²) in [5.74, 6) is 0.669. The fraction of sp³-hybridized carbons (Fsp3) is 0.467. The van der Waals surface area contributed by atoms with E-state index in [0.29, 0.717) is 12.0 Å². The van der Waals surface area contributed by atoms with Crippen molar-refractivity contribution in [3.05, 3.63) is 76.9 Å². The summed E-state index contributed by atoms with van der Waals surface area (Å²) in [6.07, 6.45) is 14.9. The predicted molar refractivity (Wildman–Crippen MR) is 132 cm³/mol. The number of rotatable bonds is 0. The van der Waals surface area contributed by atoms with E-state index in [1.807, 2.05) is 0 Å². The fourth-order valence-corrected chi connectivity index (χ4v) is 6.78. The molecule has 0 amide bonds. The molecule has 0 saturated heterocycles. The zero-order chi connectivity index (χ0) is 20.6. The van der Waals surface area contributed by atoms with Crippen molar-refractivity contribution in [1.29, 1.82) is 0 Å². The second kappa shape index (κ2) is 8.34. The van der Waals surface area contributed by atoms with E-state index in [0.717, 1.165) is 0 Å². The Labute approximate surface area is 187 Å². The van der Waals surface area contributed by atoms with Gasteiger partial charge in [0.2, 0.25) is 0 Å². The third-order valence-corrected chi connectivity index (χ3v) is 8.24. The van der Waals surface area contributed by atoms with E-state index >= 15 is 0 Å². The number of hydrogen-bond acceptors (Lipinski definition) is 1. The van der Waals surface area contributed by atoms with E-state index in [2.05, 4.69) is 59.5 Å². The molecule has 0 fully saturated rings. The van der Waals surface area contributed by atoms with Gasteiger partial charge in [-0.25, -0.2) is 0 Å². The zero-order valence-electron chi connectivity index (χ0n) is 18.8. The Hall–Kier alpha value is -2.28. The van der Waals surface area contributed by atoms with Crippen LogP contribution in [0.2, 0.25) is 0 Å². The molecule has 31 heavy (non-hydrogen) atoms. The minimum absolute atomic E-state index is 0.561. The van der Waals surface area contributed by atoms with Gasteiger partial charge >= 0.3 is 0 Å². The Morgan fingerprint density at radius 2 is 1.48 bits per heavy atom. The maximum absolute atomic E-state index is 2.81. The van der Waals surface area contributed by atoms with Gasteiger partial charge in [-0.1, -0.05) is 87.1 Å². The van der Waals surface area contributed by atoms with Crippen molar-refractivity contribution < 1.29 is 0 Å². The van der Waals surface area contributed by atoms with Crippen molar-refractivity contribution in [3.63, 3.8) is 0 Å². The van der Waals surface area contributed by atoms with Crippen molar-refractivity contribution in [1.82, 2.24) is 0 Å². The van der Waals surface area contributed by atoms with E-state index in [9.17, 15) is 0 Å². The minimum atomic E-state index is 0.561. The normalized spacial score (nSPS) is 23.8. The molecule has 2 aliphatic heterocycles. The van der Waals surface area contributed by atoms with Crippen LogP contribution in [0, 0.1) is 0 Å². The number of nitrogens with zero attached hydrogens (tertiary/aromatic N) is 1. The summed E-state index contributed by atoms with van der Waals surface area (Å²) in [6.45, 7) is 1.21. The summed E-state index contributed by atoms with van der Waals surface area (Å²) in [5.41, 5.74) is 8.15. The average Bonchev–Trinajstić information content (AvgIpc) is 2.81. The molecule has 1 heteroatoms. The summed E-state index contributed by atoms with van der Waals surface area (Å²) >= 11 is 0. The number of benzene rings is 3. The van der Waals surface area contributed by atoms with Crippen molar-refractivity contribution in [3.8, 4) is 0 Å². The molecule has 3 aromatic carbocycles. The highest BCUT2D eigenvalue weighted by atomic mass is 15.2. The standard InChI is InChI=1S/C30H35N/c1-2-4-6-12-18-31-28-17-11-10-16-26(28)24-20-27-25-15-9-8-13-22(25)19-23(14-7-5-3-1)30(27)29(31)21-24/h8-11,13,15-17,19,24,29H,1-7,12,14,18,20-21H2. The van der Waals surface area contributed by atoms with Crippen LogP contribution in [-0.4, -0.2) is 6.54 Å². The molecular formula is C30H35N. The molecule has 2 atom stereocenters. The smallest absolute Gasteiger partial charge is 0.0554 e. The van der Waals surface area contributed by atoms with Crippen molar-refractivity contribution in [2.45, 2.75) is 82.6 Å². The molecule has 160 valence electrons.